The molecule has 0 amide bonds. The fourth-order valence-electron chi connectivity index (χ4n) is 3.23. The van der Waals surface area contributed by atoms with Crippen LogP contribution in [0.3, 0.4) is 0 Å². The summed E-state index contributed by atoms with van der Waals surface area (Å²) in [5, 5.41) is 0. The molecular formula is C17H34O4. The average molecular weight is 302 g/mol. The highest BCUT2D eigenvalue weighted by Gasteiger charge is 2.47. The predicted octanol–water partition coefficient (Wildman–Crippen LogP) is 4.68. The van der Waals surface area contributed by atoms with E-state index >= 15 is 0 Å². The summed E-state index contributed by atoms with van der Waals surface area (Å²) < 4.78 is 0. The van der Waals surface area contributed by atoms with Crippen molar-refractivity contribution in [3.05, 3.63) is 0 Å². The smallest absolute Gasteiger partial charge is 0.130 e. The van der Waals surface area contributed by atoms with Crippen LogP contribution in [0, 0.1) is 11.8 Å². The van der Waals surface area contributed by atoms with Crippen LogP contribution in [-0.2, 0) is 19.6 Å². The molecule has 1 fully saturated rings. The van der Waals surface area contributed by atoms with Gasteiger partial charge in [0.05, 0.1) is 13.2 Å². The second kappa shape index (κ2) is 9.78. The zero-order valence-corrected chi connectivity index (χ0v) is 14.5. The molecule has 4 atom stereocenters. The number of unbranched alkanes of at least 4 members (excludes halogenated alkanes) is 2. The Kier molecular flexibility index (Phi) is 8.79. The van der Waals surface area contributed by atoms with Gasteiger partial charge < -0.3 is 0 Å². The van der Waals surface area contributed by atoms with E-state index in [1.807, 2.05) is 0 Å². The summed E-state index contributed by atoms with van der Waals surface area (Å²) in [6.45, 7) is 12.1. The van der Waals surface area contributed by atoms with Crippen molar-refractivity contribution in [1.29, 1.82) is 0 Å². The van der Waals surface area contributed by atoms with Crippen molar-refractivity contribution < 1.29 is 19.6 Å². The summed E-state index contributed by atoms with van der Waals surface area (Å²) in [6, 6.07) is 0. The van der Waals surface area contributed by atoms with Crippen molar-refractivity contribution in [3.63, 3.8) is 0 Å². The summed E-state index contributed by atoms with van der Waals surface area (Å²) in [4.78, 5) is 22.3. The standard InChI is InChI=1S/C17H34O4/c1-6-8-10-18-20-16-15(4)12-14(3)13-17(16,5)21-19-11-9-7-2/h14-16H,6-13H2,1-5H3. The minimum atomic E-state index is -0.433. The highest BCUT2D eigenvalue weighted by Crippen LogP contribution is 2.40. The Morgan fingerprint density at radius 2 is 1.62 bits per heavy atom. The quantitative estimate of drug-likeness (QED) is 0.334. The van der Waals surface area contributed by atoms with E-state index in [0.29, 0.717) is 25.0 Å². The van der Waals surface area contributed by atoms with Crippen molar-refractivity contribution in [2.45, 2.75) is 84.8 Å². The summed E-state index contributed by atoms with van der Waals surface area (Å²) >= 11 is 0. The van der Waals surface area contributed by atoms with Gasteiger partial charge in [-0.2, -0.15) is 0 Å². The van der Waals surface area contributed by atoms with E-state index in [2.05, 4.69) is 34.6 Å². The Hall–Kier alpha value is -0.160. The van der Waals surface area contributed by atoms with Gasteiger partial charge in [0.1, 0.15) is 11.7 Å². The molecule has 1 saturated carbocycles. The normalized spacial score (nSPS) is 33.3. The lowest BCUT2D eigenvalue weighted by atomic mass is 9.72. The van der Waals surface area contributed by atoms with E-state index < -0.39 is 5.60 Å². The number of rotatable bonds is 10. The third-order valence-electron chi connectivity index (χ3n) is 4.23. The van der Waals surface area contributed by atoms with Crippen molar-refractivity contribution >= 4 is 0 Å². The van der Waals surface area contributed by atoms with E-state index in [0.717, 1.165) is 38.5 Å². The molecule has 0 aromatic heterocycles. The van der Waals surface area contributed by atoms with Gasteiger partial charge in [-0.15, -0.1) is 0 Å². The lowest BCUT2D eigenvalue weighted by Crippen LogP contribution is -2.52. The van der Waals surface area contributed by atoms with E-state index in [9.17, 15) is 0 Å². The average Bonchev–Trinajstić information content (AvgIpc) is 2.42. The third kappa shape index (κ3) is 6.23. The molecule has 21 heavy (non-hydrogen) atoms. The predicted molar refractivity (Wildman–Crippen MR) is 83.6 cm³/mol. The Morgan fingerprint density at radius 3 is 2.24 bits per heavy atom. The second-order valence-corrected chi connectivity index (χ2v) is 6.79. The molecule has 4 nitrogen and oxygen atoms in total. The molecule has 1 aliphatic rings. The molecule has 0 spiro atoms. The number of hydrogen-bond acceptors (Lipinski definition) is 4. The fraction of sp³-hybridized carbons (Fsp3) is 1.00. The van der Waals surface area contributed by atoms with Gasteiger partial charge in [-0.05, 0) is 44.4 Å². The Labute approximate surface area is 130 Å². The Balaban J connectivity index is 2.54. The molecule has 0 aliphatic heterocycles. The van der Waals surface area contributed by atoms with Crippen LogP contribution >= 0.6 is 0 Å². The van der Waals surface area contributed by atoms with Gasteiger partial charge in [0, 0.05) is 0 Å². The molecule has 1 aliphatic carbocycles. The molecular weight excluding hydrogens is 268 g/mol. The van der Waals surface area contributed by atoms with E-state index in [1.165, 1.54) is 0 Å². The summed E-state index contributed by atoms with van der Waals surface area (Å²) in [6.07, 6.45) is 6.23. The molecule has 0 aromatic carbocycles. The molecule has 0 heterocycles. The number of hydrogen-bond donors (Lipinski definition) is 0. The van der Waals surface area contributed by atoms with Gasteiger partial charge in [-0.3, -0.25) is 0 Å². The van der Waals surface area contributed by atoms with Crippen LogP contribution in [0.25, 0.3) is 0 Å². The molecule has 4 unspecified atom stereocenters. The van der Waals surface area contributed by atoms with Gasteiger partial charge in [0.2, 0.25) is 0 Å². The molecule has 126 valence electrons. The SMILES string of the molecule is CCCCOOC1C(C)CC(C)CC1(C)OOCCCC. The van der Waals surface area contributed by atoms with Crippen LogP contribution in [-0.4, -0.2) is 24.9 Å². The maximum atomic E-state index is 5.78. The summed E-state index contributed by atoms with van der Waals surface area (Å²) in [5.41, 5.74) is -0.433. The van der Waals surface area contributed by atoms with E-state index in [-0.39, 0.29) is 6.10 Å². The van der Waals surface area contributed by atoms with E-state index in [1.54, 1.807) is 0 Å². The maximum absolute atomic E-state index is 5.78. The monoisotopic (exact) mass is 302 g/mol. The van der Waals surface area contributed by atoms with Crippen LogP contribution in [0.4, 0.5) is 0 Å². The minimum Gasteiger partial charge on any atom is -0.236 e. The lowest BCUT2D eigenvalue weighted by molar-refractivity contribution is -0.433. The molecule has 1 rings (SSSR count). The largest absolute Gasteiger partial charge is 0.236 e. The molecule has 0 radical (unpaired) electrons. The van der Waals surface area contributed by atoms with Crippen LogP contribution in [0.5, 0.6) is 0 Å². The zero-order chi connectivity index (χ0) is 15.7. The first-order chi connectivity index (χ1) is 10.0. The van der Waals surface area contributed by atoms with Gasteiger partial charge in [0.25, 0.3) is 0 Å². The van der Waals surface area contributed by atoms with Crippen LogP contribution in [0.1, 0.15) is 73.1 Å². The second-order valence-electron chi connectivity index (χ2n) is 6.79. The first-order valence-corrected chi connectivity index (χ1v) is 8.62. The highest BCUT2D eigenvalue weighted by atomic mass is 17.2. The van der Waals surface area contributed by atoms with Crippen LogP contribution in [0.2, 0.25) is 0 Å². The minimum absolute atomic E-state index is 0.0767. The molecule has 4 heteroatoms. The van der Waals surface area contributed by atoms with Gasteiger partial charge in [-0.25, -0.2) is 19.6 Å². The third-order valence-corrected chi connectivity index (χ3v) is 4.23. The maximum Gasteiger partial charge on any atom is 0.130 e. The Bertz CT molecular complexity index is 272. The molecule has 0 saturated heterocycles. The fourth-order valence-corrected chi connectivity index (χ4v) is 3.23. The summed E-state index contributed by atoms with van der Waals surface area (Å²) in [5.74, 6) is 1.01. The van der Waals surface area contributed by atoms with E-state index in [4.69, 9.17) is 19.6 Å². The lowest BCUT2D eigenvalue weighted by Gasteiger charge is -2.44. The summed E-state index contributed by atoms with van der Waals surface area (Å²) in [7, 11) is 0. The molecule has 0 N–H and O–H groups in total. The topological polar surface area (TPSA) is 36.9 Å². The molecule has 0 aromatic rings. The molecule has 0 bridgehead atoms. The van der Waals surface area contributed by atoms with Crippen LogP contribution in [0.15, 0.2) is 0 Å². The van der Waals surface area contributed by atoms with Gasteiger partial charge >= 0.3 is 0 Å². The van der Waals surface area contributed by atoms with Crippen molar-refractivity contribution in [2.24, 2.45) is 11.8 Å². The van der Waals surface area contributed by atoms with Gasteiger partial charge in [0.15, 0.2) is 0 Å². The zero-order valence-electron chi connectivity index (χ0n) is 14.5. The van der Waals surface area contributed by atoms with Crippen molar-refractivity contribution in [2.75, 3.05) is 13.2 Å². The highest BCUT2D eigenvalue weighted by molar-refractivity contribution is 4.93. The Morgan fingerprint density at radius 1 is 1.00 bits per heavy atom. The van der Waals surface area contributed by atoms with Crippen LogP contribution < -0.4 is 0 Å². The van der Waals surface area contributed by atoms with Gasteiger partial charge in [-0.1, -0.05) is 40.5 Å². The first-order valence-electron chi connectivity index (χ1n) is 8.62. The first kappa shape index (κ1) is 18.9. The van der Waals surface area contributed by atoms with Crippen molar-refractivity contribution in [1.82, 2.24) is 0 Å². The van der Waals surface area contributed by atoms with Crippen molar-refractivity contribution in [3.8, 4) is 0 Å².